The first-order chi connectivity index (χ1) is 16.6. The number of nitrogens with zero attached hydrogens (tertiary/aromatic N) is 4. The highest BCUT2D eigenvalue weighted by Crippen LogP contribution is 2.22. The molecule has 0 spiro atoms. The van der Waals surface area contributed by atoms with Crippen LogP contribution in [0.1, 0.15) is 5.56 Å². The van der Waals surface area contributed by atoms with Crippen molar-refractivity contribution >= 4 is 46.6 Å². The highest BCUT2D eigenvalue weighted by Gasteiger charge is 2.27. The van der Waals surface area contributed by atoms with Gasteiger partial charge in [0.2, 0.25) is 17.8 Å². The topological polar surface area (TPSA) is 126 Å². The Labute approximate surface area is 202 Å². The zero-order valence-electron chi connectivity index (χ0n) is 18.1. The van der Waals surface area contributed by atoms with E-state index in [0.717, 1.165) is 5.56 Å². The molecule has 1 aromatic carbocycles. The third kappa shape index (κ3) is 8.30. The zero-order chi connectivity index (χ0) is 25.4. The standard InChI is InChI=1S/C21H20ClF3N8O2/c1-2-17(34)30-14-5-3-4-13(6-14)7-26-19-16(22)9-27-20(32-19)31-15-8-29-33(10-15)11-18(35)28-12-21(23,24)25/h2-6,8-10H,1,7,11-12H2,(H,28,35)(H,30,34)(H2,26,27,31,32). The maximum absolute atomic E-state index is 12.2. The lowest BCUT2D eigenvalue weighted by molar-refractivity contribution is -0.138. The Morgan fingerprint density at radius 2 is 2.00 bits per heavy atom. The molecule has 2 amide bonds. The van der Waals surface area contributed by atoms with E-state index in [4.69, 9.17) is 11.6 Å². The normalized spacial score (nSPS) is 11.0. The van der Waals surface area contributed by atoms with Crippen LogP contribution < -0.4 is 21.3 Å². The maximum atomic E-state index is 12.2. The predicted molar refractivity (Wildman–Crippen MR) is 124 cm³/mol. The minimum absolute atomic E-state index is 0.171. The number of nitrogens with one attached hydrogen (secondary N) is 4. The predicted octanol–water partition coefficient (Wildman–Crippen LogP) is 3.49. The summed E-state index contributed by atoms with van der Waals surface area (Å²) in [6, 6.07) is 7.15. The molecule has 0 saturated heterocycles. The minimum Gasteiger partial charge on any atom is -0.365 e. The van der Waals surface area contributed by atoms with Gasteiger partial charge in [0.05, 0.1) is 18.1 Å². The van der Waals surface area contributed by atoms with Crippen molar-refractivity contribution in [3.63, 3.8) is 0 Å². The first-order valence-corrected chi connectivity index (χ1v) is 10.4. The number of anilines is 4. The van der Waals surface area contributed by atoms with Gasteiger partial charge in [0.25, 0.3) is 0 Å². The van der Waals surface area contributed by atoms with E-state index in [2.05, 4.69) is 37.6 Å². The Bertz CT molecular complexity index is 1220. The first-order valence-electron chi connectivity index (χ1n) is 10.0. The molecule has 2 aromatic heterocycles. The number of hydrogen-bond acceptors (Lipinski definition) is 7. The Kier molecular flexibility index (Phi) is 8.25. The Morgan fingerprint density at radius 3 is 2.74 bits per heavy atom. The van der Waals surface area contributed by atoms with Gasteiger partial charge in [-0.15, -0.1) is 0 Å². The van der Waals surface area contributed by atoms with Gasteiger partial charge in [-0.05, 0) is 23.8 Å². The number of aromatic nitrogens is 4. The van der Waals surface area contributed by atoms with Crippen molar-refractivity contribution in [2.45, 2.75) is 19.3 Å². The summed E-state index contributed by atoms with van der Waals surface area (Å²) in [5.74, 6) is -0.650. The molecule has 3 rings (SSSR count). The number of halogens is 4. The van der Waals surface area contributed by atoms with Gasteiger partial charge in [-0.2, -0.15) is 23.3 Å². The Hall–Kier alpha value is -4.13. The summed E-state index contributed by atoms with van der Waals surface area (Å²) in [7, 11) is 0. The van der Waals surface area contributed by atoms with Crippen molar-refractivity contribution < 1.29 is 22.8 Å². The molecule has 0 atom stereocenters. The molecular weight excluding hydrogens is 489 g/mol. The molecule has 0 fully saturated rings. The minimum atomic E-state index is -4.49. The summed E-state index contributed by atoms with van der Waals surface area (Å²) in [5.41, 5.74) is 1.86. The summed E-state index contributed by atoms with van der Waals surface area (Å²) in [5, 5.41) is 14.6. The summed E-state index contributed by atoms with van der Waals surface area (Å²) >= 11 is 6.18. The Morgan fingerprint density at radius 1 is 1.20 bits per heavy atom. The molecule has 0 aliphatic carbocycles. The van der Waals surface area contributed by atoms with Gasteiger partial charge >= 0.3 is 6.18 Å². The van der Waals surface area contributed by atoms with Gasteiger partial charge < -0.3 is 21.3 Å². The van der Waals surface area contributed by atoms with Crippen LogP contribution in [0.5, 0.6) is 0 Å². The van der Waals surface area contributed by atoms with Crippen LogP contribution in [-0.4, -0.2) is 44.3 Å². The maximum Gasteiger partial charge on any atom is 0.405 e. The van der Waals surface area contributed by atoms with Gasteiger partial charge in [-0.1, -0.05) is 30.3 Å². The SMILES string of the molecule is C=CC(=O)Nc1cccc(CNc2nc(Nc3cnn(CC(=O)NCC(F)(F)F)c3)ncc2Cl)c1. The van der Waals surface area contributed by atoms with E-state index in [9.17, 15) is 22.8 Å². The van der Waals surface area contributed by atoms with E-state index in [1.807, 2.05) is 6.07 Å². The molecule has 10 nitrogen and oxygen atoms in total. The molecule has 0 aliphatic rings. The van der Waals surface area contributed by atoms with E-state index in [1.165, 1.54) is 29.3 Å². The lowest BCUT2D eigenvalue weighted by atomic mass is 10.2. The third-order valence-corrected chi connectivity index (χ3v) is 4.54. The van der Waals surface area contributed by atoms with Crippen molar-refractivity contribution in [2.24, 2.45) is 0 Å². The fourth-order valence-electron chi connectivity index (χ4n) is 2.73. The second-order valence-corrected chi connectivity index (χ2v) is 7.49. The van der Waals surface area contributed by atoms with E-state index >= 15 is 0 Å². The van der Waals surface area contributed by atoms with Gasteiger partial charge in [0.1, 0.15) is 18.1 Å². The van der Waals surface area contributed by atoms with Crippen LogP contribution in [0.25, 0.3) is 0 Å². The van der Waals surface area contributed by atoms with Gasteiger partial charge in [0.15, 0.2) is 5.82 Å². The molecule has 4 N–H and O–H groups in total. The lowest BCUT2D eigenvalue weighted by Crippen LogP contribution is -2.35. The summed E-state index contributed by atoms with van der Waals surface area (Å²) < 4.78 is 37.8. The van der Waals surface area contributed by atoms with Gasteiger partial charge in [-0.3, -0.25) is 14.3 Å². The van der Waals surface area contributed by atoms with Crippen LogP contribution in [0.2, 0.25) is 5.02 Å². The van der Waals surface area contributed by atoms with Crippen molar-refractivity contribution in [1.29, 1.82) is 0 Å². The monoisotopic (exact) mass is 508 g/mol. The quantitative estimate of drug-likeness (QED) is 0.309. The fraction of sp³-hybridized carbons (Fsp3) is 0.190. The second kappa shape index (κ2) is 11.3. The number of hydrogen-bond donors (Lipinski definition) is 4. The van der Waals surface area contributed by atoms with Gasteiger partial charge in [-0.25, -0.2) is 4.98 Å². The number of rotatable bonds is 10. The molecule has 0 radical (unpaired) electrons. The van der Waals surface area contributed by atoms with Crippen LogP contribution in [-0.2, 0) is 22.7 Å². The molecule has 14 heteroatoms. The zero-order valence-corrected chi connectivity index (χ0v) is 18.8. The first kappa shape index (κ1) is 25.5. The molecule has 0 aliphatic heterocycles. The second-order valence-electron chi connectivity index (χ2n) is 7.08. The number of amides is 2. The van der Waals surface area contributed by atoms with E-state index in [0.29, 0.717) is 23.7 Å². The lowest BCUT2D eigenvalue weighted by Gasteiger charge is -2.10. The van der Waals surface area contributed by atoms with Crippen LogP contribution in [0.15, 0.2) is 55.5 Å². The van der Waals surface area contributed by atoms with E-state index in [1.54, 1.807) is 23.5 Å². The number of carbonyl (C=O) groups is 2. The van der Waals surface area contributed by atoms with E-state index in [-0.39, 0.29) is 16.9 Å². The molecule has 3 aromatic rings. The summed E-state index contributed by atoms with van der Waals surface area (Å²) in [6.45, 7) is 1.95. The molecule has 2 heterocycles. The van der Waals surface area contributed by atoms with Crippen molar-refractivity contribution in [2.75, 3.05) is 22.5 Å². The number of benzene rings is 1. The number of carbonyl (C=O) groups excluding carboxylic acids is 2. The Balaban J connectivity index is 1.59. The average molecular weight is 509 g/mol. The fourth-order valence-corrected chi connectivity index (χ4v) is 2.89. The van der Waals surface area contributed by atoms with Gasteiger partial charge in [0, 0.05) is 18.4 Å². The molecular formula is C21H20ClF3N8O2. The van der Waals surface area contributed by atoms with Crippen molar-refractivity contribution in [3.8, 4) is 0 Å². The molecule has 0 unspecified atom stereocenters. The summed E-state index contributed by atoms with van der Waals surface area (Å²) in [4.78, 5) is 31.5. The molecule has 0 saturated carbocycles. The largest absolute Gasteiger partial charge is 0.405 e. The summed E-state index contributed by atoms with van der Waals surface area (Å²) in [6.07, 6.45) is 0.850. The smallest absolute Gasteiger partial charge is 0.365 e. The van der Waals surface area contributed by atoms with Crippen LogP contribution in [0.3, 0.4) is 0 Å². The molecule has 184 valence electrons. The van der Waals surface area contributed by atoms with Crippen molar-refractivity contribution in [1.82, 2.24) is 25.1 Å². The third-order valence-electron chi connectivity index (χ3n) is 4.26. The van der Waals surface area contributed by atoms with Crippen molar-refractivity contribution in [3.05, 3.63) is 66.1 Å². The average Bonchev–Trinajstić information content (AvgIpc) is 3.24. The van der Waals surface area contributed by atoms with Crippen LogP contribution in [0.4, 0.5) is 36.3 Å². The molecule has 35 heavy (non-hydrogen) atoms. The highest BCUT2D eigenvalue weighted by molar-refractivity contribution is 6.32. The van der Waals surface area contributed by atoms with E-state index < -0.39 is 25.2 Å². The van der Waals surface area contributed by atoms with Crippen LogP contribution >= 0.6 is 11.6 Å². The number of alkyl halides is 3. The molecule has 0 bridgehead atoms. The van der Waals surface area contributed by atoms with Crippen LogP contribution in [0, 0.1) is 0 Å². The highest BCUT2D eigenvalue weighted by atomic mass is 35.5.